The molecule has 18 heavy (non-hydrogen) atoms. The van der Waals surface area contributed by atoms with Crippen LogP contribution in [0.2, 0.25) is 0 Å². The highest BCUT2D eigenvalue weighted by Gasteiger charge is 2.65. The number of alkyl halides is 1. The molecular formula is C15H21FO2. The number of carbonyl (C=O) groups is 1. The van der Waals surface area contributed by atoms with Crippen LogP contribution in [0.1, 0.15) is 38.5 Å². The lowest BCUT2D eigenvalue weighted by atomic mass is 9.43. The van der Waals surface area contributed by atoms with Gasteiger partial charge in [-0.25, -0.2) is 4.39 Å². The SMILES string of the molecule is C=CCC1(C(=O)OC)[C@@H]2CC3C[C@H]1CC(F)(C3)C2. The van der Waals surface area contributed by atoms with Crippen molar-refractivity contribution in [1.82, 2.24) is 0 Å². The molecule has 0 heterocycles. The number of halogens is 1. The molecule has 0 aromatic rings. The van der Waals surface area contributed by atoms with E-state index in [0.717, 1.165) is 12.8 Å². The molecule has 100 valence electrons. The summed E-state index contributed by atoms with van der Waals surface area (Å²) in [7, 11) is 1.45. The van der Waals surface area contributed by atoms with Crippen molar-refractivity contribution < 1.29 is 13.9 Å². The molecule has 4 bridgehead atoms. The fourth-order valence-electron chi connectivity index (χ4n) is 5.18. The number of carbonyl (C=O) groups excluding carboxylic acids is 1. The number of allylic oxidation sites excluding steroid dienone is 1. The Morgan fingerprint density at radius 1 is 1.39 bits per heavy atom. The molecule has 4 fully saturated rings. The lowest BCUT2D eigenvalue weighted by Crippen LogP contribution is -2.61. The first-order valence-corrected chi connectivity index (χ1v) is 6.92. The van der Waals surface area contributed by atoms with E-state index in [1.807, 2.05) is 6.08 Å². The monoisotopic (exact) mass is 252 g/mol. The molecule has 0 aliphatic heterocycles. The lowest BCUT2D eigenvalue weighted by Gasteiger charge is -2.61. The number of hydrogen-bond donors (Lipinski definition) is 0. The van der Waals surface area contributed by atoms with Gasteiger partial charge in [0.1, 0.15) is 5.67 Å². The van der Waals surface area contributed by atoms with Crippen LogP contribution in [-0.4, -0.2) is 18.7 Å². The second-order valence-electron chi connectivity index (χ2n) is 6.52. The lowest BCUT2D eigenvalue weighted by molar-refractivity contribution is -0.194. The summed E-state index contributed by atoms with van der Waals surface area (Å²) in [4.78, 5) is 12.3. The van der Waals surface area contributed by atoms with Gasteiger partial charge in [0.15, 0.2) is 0 Å². The molecule has 5 atom stereocenters. The van der Waals surface area contributed by atoms with E-state index < -0.39 is 11.1 Å². The van der Waals surface area contributed by atoms with Gasteiger partial charge < -0.3 is 4.74 Å². The van der Waals surface area contributed by atoms with Crippen LogP contribution in [0.25, 0.3) is 0 Å². The van der Waals surface area contributed by atoms with Gasteiger partial charge in [-0.3, -0.25) is 4.79 Å². The fraction of sp³-hybridized carbons (Fsp3) is 0.800. The number of ether oxygens (including phenoxy) is 1. The first kappa shape index (κ1) is 12.2. The van der Waals surface area contributed by atoms with E-state index in [0.29, 0.717) is 31.6 Å². The van der Waals surface area contributed by atoms with E-state index in [1.54, 1.807) is 0 Å². The predicted octanol–water partition coefficient (Wildman–Crippen LogP) is 3.27. The van der Waals surface area contributed by atoms with Gasteiger partial charge in [-0.15, -0.1) is 6.58 Å². The molecule has 0 N–H and O–H groups in total. The van der Waals surface area contributed by atoms with Crippen molar-refractivity contribution >= 4 is 5.97 Å². The summed E-state index contributed by atoms with van der Waals surface area (Å²) in [6.45, 7) is 3.79. The average molecular weight is 252 g/mol. The van der Waals surface area contributed by atoms with Gasteiger partial charge in [0.2, 0.25) is 0 Å². The standard InChI is InChI=1S/C15H21FO2/c1-3-4-15(13(17)18-2)11-5-10-6-12(15)9-14(16,7-10)8-11/h3,10-12H,1,4-9H2,2H3/t10?,11-,12+,14?,15?. The van der Waals surface area contributed by atoms with Gasteiger partial charge >= 0.3 is 5.97 Å². The number of rotatable bonds is 3. The van der Waals surface area contributed by atoms with Gasteiger partial charge in [-0.2, -0.15) is 0 Å². The highest BCUT2D eigenvalue weighted by molar-refractivity contribution is 5.78. The number of esters is 1. The molecule has 0 spiro atoms. The number of methoxy groups -OCH3 is 1. The maximum absolute atomic E-state index is 14.7. The van der Waals surface area contributed by atoms with Crippen molar-refractivity contribution in [2.75, 3.05) is 7.11 Å². The summed E-state index contributed by atoms with van der Waals surface area (Å²) in [5, 5.41) is 0. The normalized spacial score (nSPS) is 49.1. The molecule has 4 saturated carbocycles. The summed E-state index contributed by atoms with van der Waals surface area (Å²) in [5.74, 6) is 0.647. The fourth-order valence-corrected chi connectivity index (χ4v) is 5.18. The van der Waals surface area contributed by atoms with Gasteiger partial charge in [0.05, 0.1) is 12.5 Å². The minimum absolute atomic E-state index is 0.139. The zero-order chi connectivity index (χ0) is 13.0. The van der Waals surface area contributed by atoms with Crippen LogP contribution in [0.15, 0.2) is 12.7 Å². The third-order valence-electron chi connectivity index (χ3n) is 5.62. The van der Waals surface area contributed by atoms with E-state index in [2.05, 4.69) is 6.58 Å². The summed E-state index contributed by atoms with van der Waals surface area (Å²) in [5.41, 5.74) is -1.49. The molecule has 3 heteroatoms. The zero-order valence-electron chi connectivity index (χ0n) is 11.0. The highest BCUT2D eigenvalue weighted by Crippen LogP contribution is 2.66. The molecule has 0 radical (unpaired) electrons. The second kappa shape index (κ2) is 3.82. The number of hydrogen-bond acceptors (Lipinski definition) is 2. The topological polar surface area (TPSA) is 26.3 Å². The second-order valence-corrected chi connectivity index (χ2v) is 6.52. The average Bonchev–Trinajstić information content (AvgIpc) is 2.31. The van der Waals surface area contributed by atoms with Crippen LogP contribution >= 0.6 is 0 Å². The Morgan fingerprint density at radius 3 is 2.44 bits per heavy atom. The van der Waals surface area contributed by atoms with Crippen molar-refractivity contribution in [3.63, 3.8) is 0 Å². The van der Waals surface area contributed by atoms with E-state index in [9.17, 15) is 9.18 Å². The molecule has 4 rings (SSSR count). The highest BCUT2D eigenvalue weighted by atomic mass is 19.1. The molecule has 4 aliphatic rings. The minimum Gasteiger partial charge on any atom is -0.469 e. The quantitative estimate of drug-likeness (QED) is 0.569. The van der Waals surface area contributed by atoms with Crippen molar-refractivity contribution in [1.29, 1.82) is 0 Å². The van der Waals surface area contributed by atoms with Crippen molar-refractivity contribution in [3.8, 4) is 0 Å². The smallest absolute Gasteiger partial charge is 0.312 e. The van der Waals surface area contributed by atoms with Crippen molar-refractivity contribution in [2.45, 2.75) is 44.2 Å². The van der Waals surface area contributed by atoms with Crippen molar-refractivity contribution in [2.24, 2.45) is 23.2 Å². The van der Waals surface area contributed by atoms with Gasteiger partial charge in [0, 0.05) is 0 Å². The molecule has 2 nitrogen and oxygen atoms in total. The van der Waals surface area contributed by atoms with Crippen LogP contribution < -0.4 is 0 Å². The van der Waals surface area contributed by atoms with Gasteiger partial charge in [-0.05, 0) is 56.3 Å². The van der Waals surface area contributed by atoms with Crippen LogP contribution in [0.3, 0.4) is 0 Å². The predicted molar refractivity (Wildman–Crippen MR) is 66.7 cm³/mol. The van der Waals surface area contributed by atoms with E-state index in [4.69, 9.17) is 4.74 Å². The molecule has 3 unspecified atom stereocenters. The molecule has 0 saturated heterocycles. The molecule has 0 aromatic heterocycles. The van der Waals surface area contributed by atoms with Crippen LogP contribution in [0.5, 0.6) is 0 Å². The Kier molecular flexibility index (Phi) is 2.58. The minimum atomic E-state index is -1.00. The van der Waals surface area contributed by atoms with E-state index in [1.165, 1.54) is 7.11 Å². The maximum atomic E-state index is 14.7. The third-order valence-corrected chi connectivity index (χ3v) is 5.62. The van der Waals surface area contributed by atoms with Crippen molar-refractivity contribution in [3.05, 3.63) is 12.7 Å². The summed E-state index contributed by atoms with van der Waals surface area (Å²) in [6.07, 6.45) is 6.23. The Hall–Kier alpha value is -0.860. The van der Waals surface area contributed by atoms with Crippen LogP contribution in [0, 0.1) is 23.2 Å². The Balaban J connectivity index is 2.00. The Bertz CT molecular complexity index is 374. The first-order valence-electron chi connectivity index (χ1n) is 6.92. The largest absolute Gasteiger partial charge is 0.469 e. The van der Waals surface area contributed by atoms with Crippen LogP contribution in [-0.2, 0) is 9.53 Å². The molecular weight excluding hydrogens is 231 g/mol. The van der Waals surface area contributed by atoms with Gasteiger partial charge in [-0.1, -0.05) is 6.08 Å². The molecule has 4 aliphatic carbocycles. The van der Waals surface area contributed by atoms with E-state index in [-0.39, 0.29) is 17.8 Å². The molecule has 0 aromatic carbocycles. The molecule has 0 amide bonds. The zero-order valence-corrected chi connectivity index (χ0v) is 11.0. The summed E-state index contributed by atoms with van der Waals surface area (Å²) in [6, 6.07) is 0. The maximum Gasteiger partial charge on any atom is 0.312 e. The Labute approximate surface area is 108 Å². The summed E-state index contributed by atoms with van der Waals surface area (Å²) >= 11 is 0. The third kappa shape index (κ3) is 1.42. The van der Waals surface area contributed by atoms with Crippen LogP contribution in [0.4, 0.5) is 4.39 Å². The van der Waals surface area contributed by atoms with E-state index >= 15 is 0 Å². The van der Waals surface area contributed by atoms with Gasteiger partial charge in [0.25, 0.3) is 0 Å². The first-order chi connectivity index (χ1) is 8.54. The Morgan fingerprint density at radius 2 is 2.00 bits per heavy atom. The summed E-state index contributed by atoms with van der Waals surface area (Å²) < 4.78 is 19.7.